The molecule has 0 bridgehead atoms. The van der Waals surface area contributed by atoms with E-state index in [9.17, 15) is 18.0 Å². The summed E-state index contributed by atoms with van der Waals surface area (Å²) < 4.78 is 38.6. The Balaban J connectivity index is 1.56. The number of hydrogen-bond donors (Lipinski definition) is 3. The smallest absolute Gasteiger partial charge is 0.334 e. The Morgan fingerprint density at radius 1 is 1.21 bits per heavy atom. The van der Waals surface area contributed by atoms with Crippen LogP contribution in [0.2, 0.25) is 5.02 Å². The Morgan fingerprint density at radius 3 is 2.54 bits per heavy atom. The molecule has 0 aliphatic carbocycles. The Kier molecular flexibility index (Phi) is 5.81. The fourth-order valence-electron chi connectivity index (χ4n) is 2.72. The van der Waals surface area contributed by atoms with Gasteiger partial charge in [-0.25, -0.2) is 9.80 Å². The molecular formula is C19H18ClF3N4O. The number of amides is 2. The van der Waals surface area contributed by atoms with Crippen LogP contribution in [0.4, 0.5) is 23.7 Å². The molecule has 0 atom stereocenters. The number of likely N-dealkylation sites (N-methyl/N-ethyl adjacent to an activating group) is 1. The summed E-state index contributed by atoms with van der Waals surface area (Å²) in [6, 6.07) is 10.3. The number of anilines is 1. The average Bonchev–Trinajstić information content (AvgIpc) is 3.07. The molecule has 28 heavy (non-hydrogen) atoms. The molecule has 0 saturated heterocycles. The van der Waals surface area contributed by atoms with Crippen molar-refractivity contribution in [2.45, 2.75) is 12.7 Å². The average molecular weight is 411 g/mol. The number of halogens is 4. The lowest BCUT2D eigenvalue weighted by molar-refractivity contribution is -0.137. The van der Waals surface area contributed by atoms with Crippen molar-refractivity contribution < 1.29 is 18.0 Å². The van der Waals surface area contributed by atoms with Gasteiger partial charge in [0.25, 0.3) is 0 Å². The van der Waals surface area contributed by atoms with Crippen molar-refractivity contribution >= 4 is 28.9 Å². The van der Waals surface area contributed by atoms with Crippen molar-refractivity contribution in [1.82, 2.24) is 15.8 Å². The molecule has 0 fully saturated rings. The van der Waals surface area contributed by atoms with E-state index < -0.39 is 22.8 Å². The quantitative estimate of drug-likeness (QED) is 0.697. The molecule has 1 heterocycles. The van der Waals surface area contributed by atoms with Crippen molar-refractivity contribution in [3.8, 4) is 0 Å². The van der Waals surface area contributed by atoms with Gasteiger partial charge in [0.2, 0.25) is 0 Å². The van der Waals surface area contributed by atoms with Gasteiger partial charge in [-0.1, -0.05) is 35.9 Å². The molecule has 0 spiro atoms. The van der Waals surface area contributed by atoms with Gasteiger partial charge in [0.15, 0.2) is 0 Å². The van der Waals surface area contributed by atoms with E-state index in [1.165, 1.54) is 6.07 Å². The number of benzene rings is 2. The molecule has 3 rings (SSSR count). The molecule has 5 nitrogen and oxygen atoms in total. The van der Waals surface area contributed by atoms with Gasteiger partial charge >= 0.3 is 12.2 Å². The highest BCUT2D eigenvalue weighted by molar-refractivity contribution is 6.31. The van der Waals surface area contributed by atoms with E-state index in [0.29, 0.717) is 0 Å². The lowest BCUT2D eigenvalue weighted by Gasteiger charge is -2.12. The highest BCUT2D eigenvalue weighted by atomic mass is 35.5. The number of carbonyl (C=O) groups excluding carboxylic acids is 1. The summed E-state index contributed by atoms with van der Waals surface area (Å²) in [5.41, 5.74) is 5.20. The molecule has 2 aromatic carbocycles. The van der Waals surface area contributed by atoms with Gasteiger partial charge in [-0.3, -0.25) is 0 Å². The summed E-state index contributed by atoms with van der Waals surface area (Å²) in [5.74, 6) is 0. The van der Waals surface area contributed by atoms with Gasteiger partial charge < -0.3 is 16.1 Å². The normalized spacial score (nSPS) is 14.4. The van der Waals surface area contributed by atoms with Crippen molar-refractivity contribution in [1.29, 1.82) is 0 Å². The fourth-order valence-corrected chi connectivity index (χ4v) is 2.95. The van der Waals surface area contributed by atoms with Crippen LogP contribution in [0.25, 0.3) is 5.57 Å². The zero-order valence-electron chi connectivity index (χ0n) is 14.9. The predicted octanol–water partition coefficient (Wildman–Crippen LogP) is 4.47. The largest absolute Gasteiger partial charge is 0.417 e. The summed E-state index contributed by atoms with van der Waals surface area (Å²) in [5, 5.41) is 6.53. The van der Waals surface area contributed by atoms with Crippen molar-refractivity contribution in [2.75, 3.05) is 18.9 Å². The van der Waals surface area contributed by atoms with Crippen LogP contribution >= 0.6 is 11.6 Å². The first kappa shape index (κ1) is 20.0. The highest BCUT2D eigenvalue weighted by Gasteiger charge is 2.33. The molecule has 0 aromatic heterocycles. The topological polar surface area (TPSA) is 56.4 Å². The van der Waals surface area contributed by atoms with E-state index >= 15 is 0 Å². The number of nitrogens with zero attached hydrogens (tertiary/aromatic N) is 1. The Morgan fingerprint density at radius 2 is 1.93 bits per heavy atom. The Hall–Kier alpha value is -2.71. The molecule has 148 valence electrons. The van der Waals surface area contributed by atoms with E-state index in [1.54, 1.807) is 0 Å². The second-order valence-electron chi connectivity index (χ2n) is 6.35. The second kappa shape index (κ2) is 8.12. The minimum absolute atomic E-state index is 0.00867. The van der Waals surface area contributed by atoms with E-state index in [-0.39, 0.29) is 12.2 Å². The SMILES string of the molecule is CN1CC(c2ccc(CNC(=O)Nc3ccc(Cl)c(C(F)(F)F)c3)cc2)=CN1. The minimum Gasteiger partial charge on any atom is -0.334 e. The van der Waals surface area contributed by atoms with Gasteiger partial charge in [0.05, 0.1) is 10.6 Å². The third-order valence-electron chi connectivity index (χ3n) is 4.17. The molecule has 2 aromatic rings. The molecular weight excluding hydrogens is 393 g/mol. The number of nitrogens with one attached hydrogen (secondary N) is 3. The molecule has 1 aliphatic rings. The van der Waals surface area contributed by atoms with Crippen LogP contribution in [0.5, 0.6) is 0 Å². The van der Waals surface area contributed by atoms with Crippen LogP contribution in [0, 0.1) is 0 Å². The zero-order valence-corrected chi connectivity index (χ0v) is 15.7. The Bertz CT molecular complexity index is 897. The molecule has 9 heteroatoms. The second-order valence-corrected chi connectivity index (χ2v) is 6.76. The van der Waals surface area contributed by atoms with E-state index in [2.05, 4.69) is 16.1 Å². The number of urea groups is 1. The van der Waals surface area contributed by atoms with Gasteiger partial charge in [-0.05, 0) is 34.9 Å². The molecule has 0 radical (unpaired) electrons. The molecule has 0 unspecified atom stereocenters. The first-order valence-electron chi connectivity index (χ1n) is 8.39. The summed E-state index contributed by atoms with van der Waals surface area (Å²) in [6.45, 7) is 1.03. The zero-order chi connectivity index (χ0) is 20.3. The van der Waals surface area contributed by atoms with Crippen LogP contribution < -0.4 is 16.1 Å². The summed E-state index contributed by atoms with van der Waals surface area (Å²) >= 11 is 5.57. The predicted molar refractivity (Wildman–Crippen MR) is 102 cm³/mol. The summed E-state index contributed by atoms with van der Waals surface area (Å²) in [6.07, 6.45) is -2.66. The van der Waals surface area contributed by atoms with E-state index in [0.717, 1.165) is 35.4 Å². The first-order valence-corrected chi connectivity index (χ1v) is 8.77. The monoisotopic (exact) mass is 410 g/mol. The van der Waals surface area contributed by atoms with E-state index in [4.69, 9.17) is 11.6 Å². The van der Waals surface area contributed by atoms with Crippen molar-refractivity contribution in [3.63, 3.8) is 0 Å². The number of alkyl halides is 3. The van der Waals surface area contributed by atoms with Gasteiger partial charge in [0.1, 0.15) is 0 Å². The third-order valence-corrected chi connectivity index (χ3v) is 4.50. The maximum atomic E-state index is 12.9. The molecule has 2 amide bonds. The van der Waals surface area contributed by atoms with Crippen LogP contribution in [0.3, 0.4) is 0 Å². The van der Waals surface area contributed by atoms with Crippen molar-refractivity contribution in [2.24, 2.45) is 0 Å². The number of rotatable bonds is 4. The minimum atomic E-state index is -4.59. The first-order chi connectivity index (χ1) is 13.2. The van der Waals surface area contributed by atoms with Crippen molar-refractivity contribution in [3.05, 3.63) is 70.4 Å². The van der Waals surface area contributed by atoms with Gasteiger partial charge in [-0.15, -0.1) is 0 Å². The number of hydrazine groups is 1. The highest BCUT2D eigenvalue weighted by Crippen LogP contribution is 2.36. The number of carbonyl (C=O) groups is 1. The van der Waals surface area contributed by atoms with Crippen LogP contribution in [-0.4, -0.2) is 24.6 Å². The molecule has 3 N–H and O–H groups in total. The van der Waals surface area contributed by atoms with Crippen LogP contribution in [0.1, 0.15) is 16.7 Å². The lowest BCUT2D eigenvalue weighted by Crippen LogP contribution is -2.28. The molecule has 0 saturated carbocycles. The van der Waals surface area contributed by atoms with Crippen LogP contribution in [0.15, 0.2) is 48.7 Å². The summed E-state index contributed by atoms with van der Waals surface area (Å²) in [7, 11) is 1.94. The maximum absolute atomic E-state index is 12.9. The van der Waals surface area contributed by atoms with Crippen LogP contribution in [-0.2, 0) is 12.7 Å². The fraction of sp³-hybridized carbons (Fsp3) is 0.211. The van der Waals surface area contributed by atoms with Gasteiger partial charge in [0, 0.05) is 32.0 Å². The van der Waals surface area contributed by atoms with Gasteiger partial charge in [-0.2, -0.15) is 13.2 Å². The Labute approximate surface area is 165 Å². The lowest BCUT2D eigenvalue weighted by atomic mass is 10.1. The molecule has 1 aliphatic heterocycles. The number of hydrogen-bond acceptors (Lipinski definition) is 3. The summed E-state index contributed by atoms with van der Waals surface area (Å²) in [4.78, 5) is 12.0. The maximum Gasteiger partial charge on any atom is 0.417 e. The third kappa shape index (κ3) is 4.96. The standard InChI is InChI=1S/C19H18ClF3N4O/c1-27-11-14(10-25-27)13-4-2-12(3-5-13)9-24-18(28)26-15-6-7-17(20)16(8-15)19(21,22)23/h2-8,10,25H,9,11H2,1H3,(H2,24,26,28). The van der Waals surface area contributed by atoms with E-state index in [1.807, 2.05) is 42.5 Å².